The van der Waals surface area contributed by atoms with Gasteiger partial charge in [-0.25, -0.2) is 4.68 Å². The predicted octanol–water partition coefficient (Wildman–Crippen LogP) is 3.74. The molecule has 1 amide bonds. The average molecular weight is 418 g/mol. The molecule has 7 nitrogen and oxygen atoms in total. The Morgan fingerprint density at radius 3 is 2.77 bits per heavy atom. The van der Waals surface area contributed by atoms with Gasteiger partial charge in [0, 0.05) is 18.1 Å². The molecule has 0 aliphatic heterocycles. The molecule has 0 fully saturated rings. The molecule has 0 radical (unpaired) electrons. The number of nitrogens with zero attached hydrogens (tertiary/aromatic N) is 4. The van der Waals surface area contributed by atoms with Crippen LogP contribution < -0.4 is 5.32 Å². The van der Waals surface area contributed by atoms with Gasteiger partial charge < -0.3 is 10.4 Å². The fraction of sp³-hybridized carbons (Fsp3) is 0.278. The SMILES string of the molecule is Cc1cc(O)c(C(C)C)cc1NC(=O)c1ccn(Cn2cc(Br)cn2)n1. The molecule has 0 spiro atoms. The quantitative estimate of drug-likeness (QED) is 0.619. The maximum atomic E-state index is 12.5. The number of rotatable bonds is 5. The van der Waals surface area contributed by atoms with Crippen LogP contribution in [0, 0.1) is 6.92 Å². The second-order valence-electron chi connectivity index (χ2n) is 6.41. The molecular formula is C18H20BrN5O2. The standard InChI is InChI=1S/C18H20BrN5O2/c1-11(2)14-7-16(12(3)6-17(14)25)21-18(26)15-4-5-23(22-15)10-24-9-13(19)8-20-24/h4-9,11,25H,10H2,1-3H3,(H,21,26). The van der Waals surface area contributed by atoms with Gasteiger partial charge in [-0.1, -0.05) is 13.8 Å². The van der Waals surface area contributed by atoms with E-state index in [4.69, 9.17) is 0 Å². The van der Waals surface area contributed by atoms with E-state index in [1.165, 1.54) is 0 Å². The van der Waals surface area contributed by atoms with Gasteiger partial charge in [0.25, 0.3) is 5.91 Å². The number of anilines is 1. The van der Waals surface area contributed by atoms with Gasteiger partial charge in [0.2, 0.25) is 0 Å². The first kappa shape index (κ1) is 18.2. The maximum Gasteiger partial charge on any atom is 0.276 e. The summed E-state index contributed by atoms with van der Waals surface area (Å²) >= 11 is 3.34. The number of hydrogen-bond donors (Lipinski definition) is 2. The maximum absolute atomic E-state index is 12.5. The lowest BCUT2D eigenvalue weighted by atomic mass is 9.99. The molecule has 0 unspecified atom stereocenters. The van der Waals surface area contributed by atoms with Gasteiger partial charge in [0.05, 0.1) is 10.7 Å². The third-order valence-electron chi connectivity index (χ3n) is 4.01. The van der Waals surface area contributed by atoms with Crippen molar-refractivity contribution in [1.82, 2.24) is 19.6 Å². The van der Waals surface area contributed by atoms with E-state index in [0.717, 1.165) is 15.6 Å². The van der Waals surface area contributed by atoms with Gasteiger partial charge in [-0.05, 0) is 58.1 Å². The molecule has 26 heavy (non-hydrogen) atoms. The van der Waals surface area contributed by atoms with Crippen LogP contribution in [0.2, 0.25) is 0 Å². The van der Waals surface area contributed by atoms with Crippen molar-refractivity contribution >= 4 is 27.5 Å². The number of carbonyl (C=O) groups is 1. The zero-order chi connectivity index (χ0) is 18.8. The normalized spacial score (nSPS) is 11.1. The number of nitrogens with one attached hydrogen (secondary N) is 1. The summed E-state index contributed by atoms with van der Waals surface area (Å²) in [5.41, 5.74) is 2.57. The number of benzene rings is 1. The van der Waals surface area contributed by atoms with Crippen LogP contribution in [0.15, 0.2) is 41.3 Å². The molecule has 3 rings (SSSR count). The first-order chi connectivity index (χ1) is 12.3. The lowest BCUT2D eigenvalue weighted by Gasteiger charge is -2.14. The lowest BCUT2D eigenvalue weighted by molar-refractivity contribution is 0.102. The summed E-state index contributed by atoms with van der Waals surface area (Å²) in [6.07, 6.45) is 5.25. The average Bonchev–Trinajstić information content (AvgIpc) is 3.19. The summed E-state index contributed by atoms with van der Waals surface area (Å²) in [7, 11) is 0. The van der Waals surface area contributed by atoms with Crippen LogP contribution in [-0.2, 0) is 6.67 Å². The summed E-state index contributed by atoms with van der Waals surface area (Å²) in [5, 5.41) is 21.4. The van der Waals surface area contributed by atoms with E-state index < -0.39 is 0 Å². The third-order valence-corrected chi connectivity index (χ3v) is 4.42. The van der Waals surface area contributed by atoms with Crippen LogP contribution in [-0.4, -0.2) is 30.6 Å². The van der Waals surface area contributed by atoms with Crippen molar-refractivity contribution in [3.05, 3.63) is 58.1 Å². The molecule has 2 heterocycles. The summed E-state index contributed by atoms with van der Waals surface area (Å²) in [4.78, 5) is 12.5. The second kappa shape index (κ2) is 7.33. The number of aryl methyl sites for hydroxylation is 1. The Hall–Kier alpha value is -2.61. The van der Waals surface area contributed by atoms with Crippen LogP contribution >= 0.6 is 15.9 Å². The van der Waals surface area contributed by atoms with Crippen LogP contribution in [0.1, 0.15) is 41.4 Å². The predicted molar refractivity (Wildman–Crippen MR) is 102 cm³/mol. The Kier molecular flexibility index (Phi) is 5.13. The molecule has 2 N–H and O–H groups in total. The largest absolute Gasteiger partial charge is 0.508 e. The number of carbonyl (C=O) groups excluding carboxylic acids is 1. The summed E-state index contributed by atoms with van der Waals surface area (Å²) < 4.78 is 4.22. The smallest absolute Gasteiger partial charge is 0.276 e. The minimum Gasteiger partial charge on any atom is -0.508 e. The van der Waals surface area contributed by atoms with Crippen LogP contribution in [0.3, 0.4) is 0 Å². The first-order valence-electron chi connectivity index (χ1n) is 8.19. The Labute approximate surface area is 159 Å². The molecule has 0 saturated heterocycles. The number of aromatic nitrogens is 4. The number of aromatic hydroxyl groups is 1. The van der Waals surface area contributed by atoms with Crippen LogP contribution in [0.25, 0.3) is 0 Å². The molecule has 0 atom stereocenters. The second-order valence-corrected chi connectivity index (χ2v) is 7.33. The van der Waals surface area contributed by atoms with Gasteiger partial charge in [0.1, 0.15) is 12.4 Å². The monoisotopic (exact) mass is 417 g/mol. The molecular weight excluding hydrogens is 398 g/mol. The number of halogens is 1. The highest BCUT2D eigenvalue weighted by Gasteiger charge is 2.15. The number of hydrogen-bond acceptors (Lipinski definition) is 4. The van der Waals surface area contributed by atoms with E-state index in [9.17, 15) is 9.90 Å². The third kappa shape index (κ3) is 3.96. The van der Waals surface area contributed by atoms with Gasteiger partial charge >= 0.3 is 0 Å². The van der Waals surface area contributed by atoms with Gasteiger partial charge in [0.15, 0.2) is 5.69 Å². The van der Waals surface area contributed by atoms with Crippen molar-refractivity contribution in [3.8, 4) is 5.75 Å². The van der Waals surface area contributed by atoms with Crippen LogP contribution in [0.5, 0.6) is 5.75 Å². The van der Waals surface area contributed by atoms with E-state index in [-0.39, 0.29) is 17.6 Å². The molecule has 136 valence electrons. The van der Waals surface area contributed by atoms with Gasteiger partial charge in [-0.15, -0.1) is 0 Å². The van der Waals surface area contributed by atoms with Gasteiger partial charge in [-0.2, -0.15) is 10.2 Å². The Balaban J connectivity index is 1.75. The van der Waals surface area contributed by atoms with Crippen LogP contribution in [0.4, 0.5) is 5.69 Å². The number of amides is 1. The Morgan fingerprint density at radius 2 is 2.12 bits per heavy atom. The van der Waals surface area contributed by atoms with Crippen molar-refractivity contribution in [2.45, 2.75) is 33.4 Å². The van der Waals surface area contributed by atoms with Gasteiger partial charge in [-0.3, -0.25) is 9.48 Å². The Morgan fingerprint density at radius 1 is 1.35 bits per heavy atom. The van der Waals surface area contributed by atoms with E-state index in [2.05, 4.69) is 31.4 Å². The summed E-state index contributed by atoms with van der Waals surface area (Å²) in [5.74, 6) is 0.0953. The molecule has 2 aromatic heterocycles. The van der Waals surface area contributed by atoms with Crippen molar-refractivity contribution in [2.24, 2.45) is 0 Å². The summed E-state index contributed by atoms with van der Waals surface area (Å²) in [6, 6.07) is 5.14. The number of phenols is 1. The molecule has 3 aromatic rings. The highest BCUT2D eigenvalue weighted by Crippen LogP contribution is 2.31. The topological polar surface area (TPSA) is 85.0 Å². The summed E-state index contributed by atoms with van der Waals surface area (Å²) in [6.45, 7) is 6.23. The van der Waals surface area contributed by atoms with Crippen molar-refractivity contribution in [3.63, 3.8) is 0 Å². The molecule has 0 aliphatic rings. The minimum atomic E-state index is -0.297. The highest BCUT2D eigenvalue weighted by molar-refractivity contribution is 9.10. The zero-order valence-electron chi connectivity index (χ0n) is 14.8. The van der Waals surface area contributed by atoms with E-state index >= 15 is 0 Å². The molecule has 0 saturated carbocycles. The molecule has 1 aromatic carbocycles. The van der Waals surface area contributed by atoms with E-state index in [1.54, 1.807) is 33.9 Å². The Bertz CT molecular complexity index is 945. The molecule has 0 aliphatic carbocycles. The highest BCUT2D eigenvalue weighted by atomic mass is 79.9. The minimum absolute atomic E-state index is 0.152. The fourth-order valence-electron chi connectivity index (χ4n) is 2.62. The zero-order valence-corrected chi connectivity index (χ0v) is 16.4. The molecule has 8 heteroatoms. The first-order valence-corrected chi connectivity index (χ1v) is 8.99. The lowest BCUT2D eigenvalue weighted by Crippen LogP contribution is -2.15. The molecule has 0 bridgehead atoms. The van der Waals surface area contributed by atoms with Crippen molar-refractivity contribution < 1.29 is 9.90 Å². The fourth-order valence-corrected chi connectivity index (χ4v) is 2.95. The van der Waals surface area contributed by atoms with Crippen molar-refractivity contribution in [1.29, 1.82) is 0 Å². The number of phenolic OH excluding ortho intramolecular Hbond substituents is 1. The van der Waals surface area contributed by atoms with E-state index in [0.29, 0.717) is 18.1 Å². The van der Waals surface area contributed by atoms with E-state index in [1.807, 2.05) is 33.0 Å². The van der Waals surface area contributed by atoms with Crippen molar-refractivity contribution in [2.75, 3.05) is 5.32 Å².